The monoisotopic (exact) mass is 419 g/mol. The smallest absolute Gasteiger partial charge is 0.273 e. The lowest BCUT2D eigenvalue weighted by Gasteiger charge is -2.06. The average molecular weight is 420 g/mol. The number of non-ortho nitro benzene ring substituents is 1. The molecule has 4 aromatic rings. The molecule has 8 heteroatoms. The van der Waals surface area contributed by atoms with Crippen LogP contribution in [0, 0.1) is 10.1 Å². The third kappa shape index (κ3) is 4.21. The molecule has 0 atom stereocenters. The van der Waals surface area contributed by atoms with Crippen molar-refractivity contribution in [3.63, 3.8) is 0 Å². The first-order valence-corrected chi connectivity index (χ1v) is 9.26. The highest BCUT2D eigenvalue weighted by Gasteiger charge is 2.15. The summed E-state index contributed by atoms with van der Waals surface area (Å²) in [4.78, 5) is 27.2. The number of para-hydroxylation sites is 1. The van der Waals surface area contributed by atoms with Crippen molar-refractivity contribution in [1.29, 1.82) is 0 Å². The first-order chi connectivity index (χ1) is 14.5. The highest BCUT2D eigenvalue weighted by Crippen LogP contribution is 2.31. The van der Waals surface area contributed by atoms with E-state index < -0.39 is 4.92 Å². The van der Waals surface area contributed by atoms with Crippen molar-refractivity contribution in [3.05, 3.63) is 93.5 Å². The number of nitrogens with zero attached hydrogens (tertiary/aromatic N) is 2. The number of anilines is 1. The molecule has 148 valence electrons. The number of hydrogen-bond donors (Lipinski definition) is 1. The molecule has 1 amide bonds. The predicted molar refractivity (Wildman–Crippen MR) is 115 cm³/mol. The van der Waals surface area contributed by atoms with Gasteiger partial charge in [-0.3, -0.25) is 14.9 Å². The Bertz CT molecular complexity index is 1280. The van der Waals surface area contributed by atoms with E-state index in [0.717, 1.165) is 5.56 Å². The number of oxazole rings is 1. The Morgan fingerprint density at radius 3 is 2.63 bits per heavy atom. The Morgan fingerprint density at radius 1 is 1.10 bits per heavy atom. The van der Waals surface area contributed by atoms with Crippen LogP contribution in [0.25, 0.3) is 28.6 Å². The molecular weight excluding hydrogens is 406 g/mol. The minimum Gasteiger partial charge on any atom is -0.436 e. The quantitative estimate of drug-likeness (QED) is 0.254. The van der Waals surface area contributed by atoms with Crippen LogP contribution in [-0.4, -0.2) is 15.8 Å². The van der Waals surface area contributed by atoms with Gasteiger partial charge < -0.3 is 9.73 Å². The van der Waals surface area contributed by atoms with Gasteiger partial charge in [-0.15, -0.1) is 0 Å². The Kier molecular flexibility index (Phi) is 5.28. The molecule has 0 aliphatic rings. The van der Waals surface area contributed by atoms with E-state index >= 15 is 0 Å². The summed E-state index contributed by atoms with van der Waals surface area (Å²) in [7, 11) is 0. The van der Waals surface area contributed by atoms with Crippen LogP contribution >= 0.6 is 11.6 Å². The molecule has 30 heavy (non-hydrogen) atoms. The van der Waals surface area contributed by atoms with Crippen LogP contribution in [0.15, 0.2) is 77.2 Å². The van der Waals surface area contributed by atoms with Crippen LogP contribution in [0.1, 0.15) is 5.56 Å². The van der Waals surface area contributed by atoms with Gasteiger partial charge in [0.15, 0.2) is 5.58 Å². The molecule has 0 aliphatic heterocycles. The van der Waals surface area contributed by atoms with E-state index in [0.29, 0.717) is 27.4 Å². The standard InChI is InChI=1S/C22H14ClN3O4/c23-15-8-5-14(6-9-15)7-12-21(27)24-18-4-2-1-3-17(18)22-25-19-11-10-16(26(28)29)13-20(19)30-22/h1-13H,(H,24,27). The van der Waals surface area contributed by atoms with Gasteiger partial charge >= 0.3 is 0 Å². The fourth-order valence-corrected chi connectivity index (χ4v) is 2.97. The summed E-state index contributed by atoms with van der Waals surface area (Å²) < 4.78 is 5.71. The Balaban J connectivity index is 1.59. The third-order valence-corrected chi connectivity index (χ3v) is 4.55. The number of fused-ring (bicyclic) bond motifs is 1. The fourth-order valence-electron chi connectivity index (χ4n) is 2.84. The molecule has 0 radical (unpaired) electrons. The molecule has 4 rings (SSSR count). The number of rotatable bonds is 5. The van der Waals surface area contributed by atoms with Crippen molar-refractivity contribution in [2.45, 2.75) is 0 Å². The Morgan fingerprint density at radius 2 is 1.87 bits per heavy atom. The largest absolute Gasteiger partial charge is 0.436 e. The minimum absolute atomic E-state index is 0.0841. The maximum absolute atomic E-state index is 12.4. The molecular formula is C22H14ClN3O4. The highest BCUT2D eigenvalue weighted by molar-refractivity contribution is 6.30. The number of nitrogens with one attached hydrogen (secondary N) is 1. The maximum Gasteiger partial charge on any atom is 0.273 e. The molecule has 0 bridgehead atoms. The van der Waals surface area contributed by atoms with Crippen LogP contribution in [-0.2, 0) is 4.79 Å². The Hall–Kier alpha value is -3.97. The number of amides is 1. The van der Waals surface area contributed by atoms with Crippen molar-refractivity contribution >= 4 is 46.1 Å². The highest BCUT2D eigenvalue weighted by atomic mass is 35.5. The van der Waals surface area contributed by atoms with Gasteiger partial charge in [0.1, 0.15) is 5.52 Å². The summed E-state index contributed by atoms with van der Waals surface area (Å²) in [5, 5.41) is 14.4. The van der Waals surface area contributed by atoms with Crippen LogP contribution in [0.3, 0.4) is 0 Å². The summed E-state index contributed by atoms with van der Waals surface area (Å²) in [6, 6.07) is 18.3. The van der Waals surface area contributed by atoms with Gasteiger partial charge in [0.05, 0.1) is 22.2 Å². The maximum atomic E-state index is 12.4. The van der Waals surface area contributed by atoms with Gasteiger partial charge in [0.2, 0.25) is 11.8 Å². The molecule has 0 saturated carbocycles. The zero-order valence-corrected chi connectivity index (χ0v) is 16.2. The minimum atomic E-state index is -0.497. The van der Waals surface area contributed by atoms with E-state index in [-0.39, 0.29) is 17.5 Å². The zero-order valence-electron chi connectivity index (χ0n) is 15.4. The number of carbonyl (C=O) groups excluding carboxylic acids is 1. The molecule has 0 fully saturated rings. The number of benzene rings is 3. The second kappa shape index (κ2) is 8.18. The molecule has 0 aliphatic carbocycles. The van der Waals surface area contributed by atoms with Crippen LogP contribution in [0.4, 0.5) is 11.4 Å². The van der Waals surface area contributed by atoms with Gasteiger partial charge in [-0.1, -0.05) is 35.9 Å². The first-order valence-electron chi connectivity index (χ1n) is 8.88. The summed E-state index contributed by atoms with van der Waals surface area (Å²) >= 11 is 5.86. The summed E-state index contributed by atoms with van der Waals surface area (Å²) in [5.74, 6) is -0.0766. The van der Waals surface area contributed by atoms with Gasteiger partial charge in [0.25, 0.3) is 5.69 Å². The molecule has 1 aromatic heterocycles. The normalized spacial score (nSPS) is 11.1. The van der Waals surface area contributed by atoms with Gasteiger partial charge in [-0.2, -0.15) is 0 Å². The molecule has 7 nitrogen and oxygen atoms in total. The van der Waals surface area contributed by atoms with Crippen molar-refractivity contribution in [2.75, 3.05) is 5.32 Å². The van der Waals surface area contributed by atoms with Crippen LogP contribution in [0.5, 0.6) is 0 Å². The Labute approximate surface area is 175 Å². The lowest BCUT2D eigenvalue weighted by atomic mass is 10.1. The van der Waals surface area contributed by atoms with Crippen molar-refractivity contribution in [3.8, 4) is 11.5 Å². The van der Waals surface area contributed by atoms with Crippen molar-refractivity contribution in [2.24, 2.45) is 0 Å². The van der Waals surface area contributed by atoms with Crippen molar-refractivity contribution < 1.29 is 14.1 Å². The molecule has 0 unspecified atom stereocenters. The molecule has 1 heterocycles. The van der Waals surface area contributed by atoms with Gasteiger partial charge in [-0.25, -0.2) is 4.98 Å². The number of nitro benzene ring substituents is 1. The third-order valence-electron chi connectivity index (χ3n) is 4.30. The van der Waals surface area contributed by atoms with Crippen molar-refractivity contribution in [1.82, 2.24) is 4.98 Å². The summed E-state index contributed by atoms with van der Waals surface area (Å²) in [6.07, 6.45) is 3.09. The van der Waals surface area contributed by atoms with E-state index in [4.69, 9.17) is 16.0 Å². The lowest BCUT2D eigenvalue weighted by molar-refractivity contribution is -0.384. The number of hydrogen-bond acceptors (Lipinski definition) is 5. The lowest BCUT2D eigenvalue weighted by Crippen LogP contribution is -2.08. The van der Waals surface area contributed by atoms with E-state index in [9.17, 15) is 14.9 Å². The number of nitro groups is 1. The number of aromatic nitrogens is 1. The number of halogens is 1. The number of carbonyl (C=O) groups is 1. The van der Waals surface area contributed by atoms with E-state index in [1.54, 1.807) is 54.6 Å². The summed E-state index contributed by atoms with van der Waals surface area (Å²) in [5.41, 5.74) is 2.60. The van der Waals surface area contributed by atoms with Crippen LogP contribution in [0.2, 0.25) is 5.02 Å². The zero-order chi connectivity index (χ0) is 21.1. The van der Waals surface area contributed by atoms with E-state index in [1.807, 2.05) is 0 Å². The van der Waals surface area contributed by atoms with Crippen LogP contribution < -0.4 is 5.32 Å². The molecule has 0 spiro atoms. The average Bonchev–Trinajstić information content (AvgIpc) is 3.17. The predicted octanol–water partition coefficient (Wildman–Crippen LogP) is 5.71. The molecule has 0 saturated heterocycles. The van der Waals surface area contributed by atoms with Gasteiger partial charge in [-0.05, 0) is 42.0 Å². The van der Waals surface area contributed by atoms with E-state index in [1.165, 1.54) is 24.3 Å². The summed E-state index contributed by atoms with van der Waals surface area (Å²) in [6.45, 7) is 0. The topological polar surface area (TPSA) is 98.3 Å². The first kappa shape index (κ1) is 19.4. The van der Waals surface area contributed by atoms with Gasteiger partial charge in [0, 0.05) is 17.2 Å². The molecule has 3 aromatic carbocycles. The second-order valence-electron chi connectivity index (χ2n) is 6.35. The fraction of sp³-hybridized carbons (Fsp3) is 0. The molecule has 1 N–H and O–H groups in total. The van der Waals surface area contributed by atoms with E-state index in [2.05, 4.69) is 10.3 Å². The SMILES string of the molecule is O=C(C=Cc1ccc(Cl)cc1)Nc1ccccc1-c1nc2ccc([N+](=O)[O-])cc2o1. The second-order valence-corrected chi connectivity index (χ2v) is 6.78.